The van der Waals surface area contributed by atoms with Gasteiger partial charge in [-0.1, -0.05) is 0 Å². The average Bonchev–Trinajstić information content (AvgIpc) is 2.94. The maximum Gasteiger partial charge on any atom is 0.123 e. The number of nitrogens with zero attached hydrogens (tertiary/aromatic N) is 4. The number of anilines is 2. The summed E-state index contributed by atoms with van der Waals surface area (Å²) in [6.45, 7) is 5.22. The van der Waals surface area contributed by atoms with Gasteiger partial charge in [-0.3, -0.25) is 9.88 Å². The molecular weight excluding hydrogens is 258 g/mol. The van der Waals surface area contributed by atoms with Crippen LogP contribution in [0.3, 0.4) is 0 Å². The van der Waals surface area contributed by atoms with Crippen LogP contribution in [0.25, 0.3) is 0 Å². The van der Waals surface area contributed by atoms with Crippen molar-refractivity contribution in [1.29, 1.82) is 0 Å². The summed E-state index contributed by atoms with van der Waals surface area (Å²) >= 11 is 1.73. The molecule has 3 rings (SSSR count). The molecule has 0 radical (unpaired) electrons. The number of hydrogen-bond donors (Lipinski definition) is 1. The van der Waals surface area contributed by atoms with Crippen molar-refractivity contribution >= 4 is 22.8 Å². The van der Waals surface area contributed by atoms with E-state index < -0.39 is 0 Å². The van der Waals surface area contributed by atoms with Gasteiger partial charge in [-0.15, -0.1) is 11.3 Å². The maximum atomic E-state index is 5.61. The third-order valence-electron chi connectivity index (χ3n) is 3.37. The number of pyridine rings is 1. The highest BCUT2D eigenvalue weighted by Gasteiger charge is 2.17. The summed E-state index contributed by atoms with van der Waals surface area (Å²) in [6.07, 6.45) is 3.81. The Balaban J connectivity index is 1.56. The fraction of sp³-hybridized carbons (Fsp3) is 0.385. The van der Waals surface area contributed by atoms with Crippen molar-refractivity contribution < 1.29 is 0 Å². The first-order valence-corrected chi connectivity index (χ1v) is 7.25. The molecule has 0 aromatic carbocycles. The van der Waals surface area contributed by atoms with E-state index in [1.165, 1.54) is 4.88 Å². The van der Waals surface area contributed by atoms with Gasteiger partial charge in [0.2, 0.25) is 0 Å². The summed E-state index contributed by atoms with van der Waals surface area (Å²) in [5, 5.41) is 0. The zero-order valence-electron chi connectivity index (χ0n) is 10.7. The second kappa shape index (κ2) is 5.54. The number of rotatable bonds is 3. The first kappa shape index (κ1) is 12.4. The predicted octanol–water partition coefficient (Wildman–Crippen LogP) is 1.44. The van der Waals surface area contributed by atoms with Gasteiger partial charge in [-0.05, 0) is 12.1 Å². The highest BCUT2D eigenvalue weighted by atomic mass is 32.1. The monoisotopic (exact) mass is 275 g/mol. The molecule has 3 heterocycles. The lowest BCUT2D eigenvalue weighted by Crippen LogP contribution is -2.45. The molecule has 1 aliphatic heterocycles. The average molecular weight is 275 g/mol. The first-order chi connectivity index (χ1) is 9.31. The van der Waals surface area contributed by atoms with Crippen molar-refractivity contribution in [2.45, 2.75) is 6.54 Å². The highest BCUT2D eigenvalue weighted by molar-refractivity contribution is 7.09. The molecule has 0 unspecified atom stereocenters. The minimum atomic E-state index is 0.576. The van der Waals surface area contributed by atoms with Crippen LogP contribution in [0.15, 0.2) is 30.0 Å². The Morgan fingerprint density at radius 2 is 2.00 bits per heavy atom. The molecule has 0 aliphatic carbocycles. The summed E-state index contributed by atoms with van der Waals surface area (Å²) in [5.41, 5.74) is 8.66. The van der Waals surface area contributed by atoms with Crippen molar-refractivity contribution in [1.82, 2.24) is 14.9 Å². The fourth-order valence-corrected chi connectivity index (χ4v) is 2.93. The van der Waals surface area contributed by atoms with Crippen molar-refractivity contribution in [3.8, 4) is 0 Å². The second-order valence-corrected chi connectivity index (χ2v) is 5.64. The quantitative estimate of drug-likeness (QED) is 0.918. The summed E-state index contributed by atoms with van der Waals surface area (Å²) in [5.74, 6) is 0.576. The van der Waals surface area contributed by atoms with E-state index in [1.807, 2.05) is 30.0 Å². The van der Waals surface area contributed by atoms with Crippen LogP contribution in [-0.4, -0.2) is 41.0 Å². The predicted molar refractivity (Wildman–Crippen MR) is 78.3 cm³/mol. The summed E-state index contributed by atoms with van der Waals surface area (Å²) in [4.78, 5) is 14.4. The second-order valence-electron chi connectivity index (χ2n) is 4.67. The SMILES string of the molecule is Nc1ccc(N2CCN(Cc3cncs3)CC2)cn1. The molecule has 0 amide bonds. The van der Waals surface area contributed by atoms with Crippen LogP contribution < -0.4 is 10.6 Å². The van der Waals surface area contributed by atoms with Gasteiger partial charge in [0.25, 0.3) is 0 Å². The molecule has 1 saturated heterocycles. The van der Waals surface area contributed by atoms with E-state index in [2.05, 4.69) is 19.8 Å². The molecule has 0 saturated carbocycles. The van der Waals surface area contributed by atoms with E-state index in [0.717, 1.165) is 38.4 Å². The number of piperazine rings is 1. The molecule has 19 heavy (non-hydrogen) atoms. The van der Waals surface area contributed by atoms with Crippen LogP contribution in [0.5, 0.6) is 0 Å². The molecule has 1 fully saturated rings. The van der Waals surface area contributed by atoms with Gasteiger partial charge >= 0.3 is 0 Å². The Kier molecular flexibility index (Phi) is 3.61. The van der Waals surface area contributed by atoms with Gasteiger partial charge in [-0.2, -0.15) is 0 Å². The van der Waals surface area contributed by atoms with Gasteiger partial charge in [0, 0.05) is 43.8 Å². The lowest BCUT2D eigenvalue weighted by Gasteiger charge is -2.35. The highest BCUT2D eigenvalue weighted by Crippen LogP contribution is 2.17. The van der Waals surface area contributed by atoms with Gasteiger partial charge < -0.3 is 10.6 Å². The molecule has 6 heteroatoms. The maximum absolute atomic E-state index is 5.61. The molecule has 2 N–H and O–H groups in total. The zero-order valence-corrected chi connectivity index (χ0v) is 11.5. The summed E-state index contributed by atoms with van der Waals surface area (Å²) in [6, 6.07) is 3.90. The summed E-state index contributed by atoms with van der Waals surface area (Å²) in [7, 11) is 0. The van der Waals surface area contributed by atoms with E-state index in [0.29, 0.717) is 5.82 Å². The van der Waals surface area contributed by atoms with Crippen LogP contribution in [0.1, 0.15) is 4.88 Å². The molecule has 5 nitrogen and oxygen atoms in total. The van der Waals surface area contributed by atoms with E-state index in [9.17, 15) is 0 Å². The lowest BCUT2D eigenvalue weighted by molar-refractivity contribution is 0.252. The van der Waals surface area contributed by atoms with Gasteiger partial charge in [0.1, 0.15) is 5.82 Å². The molecule has 1 aliphatic rings. The molecule has 0 bridgehead atoms. The van der Waals surface area contributed by atoms with Crippen LogP contribution >= 0.6 is 11.3 Å². The van der Waals surface area contributed by atoms with Gasteiger partial charge in [0.05, 0.1) is 17.4 Å². The fourth-order valence-electron chi connectivity index (χ4n) is 2.29. The van der Waals surface area contributed by atoms with Crippen molar-refractivity contribution in [2.24, 2.45) is 0 Å². The number of nitrogens with two attached hydrogens (primary N) is 1. The van der Waals surface area contributed by atoms with E-state index in [4.69, 9.17) is 5.73 Å². The molecule has 100 valence electrons. The zero-order chi connectivity index (χ0) is 13.1. The topological polar surface area (TPSA) is 58.3 Å². The standard InChI is InChI=1S/C13H17N5S/c14-13-2-1-11(7-16-13)18-5-3-17(4-6-18)9-12-8-15-10-19-12/h1-2,7-8,10H,3-6,9H2,(H2,14,16). The van der Waals surface area contributed by atoms with E-state index in [1.54, 1.807) is 11.3 Å². The Morgan fingerprint density at radius 1 is 1.16 bits per heavy atom. The summed E-state index contributed by atoms with van der Waals surface area (Å²) < 4.78 is 0. The Bertz CT molecular complexity index is 502. The minimum Gasteiger partial charge on any atom is -0.384 e. The van der Waals surface area contributed by atoms with E-state index in [-0.39, 0.29) is 0 Å². The largest absolute Gasteiger partial charge is 0.384 e. The number of nitrogen functional groups attached to an aromatic ring is 1. The molecule has 2 aromatic rings. The third-order valence-corrected chi connectivity index (χ3v) is 4.14. The van der Waals surface area contributed by atoms with Gasteiger partial charge in [-0.25, -0.2) is 4.98 Å². The van der Waals surface area contributed by atoms with Crippen LogP contribution in [0.4, 0.5) is 11.5 Å². The lowest BCUT2D eigenvalue weighted by atomic mass is 10.2. The van der Waals surface area contributed by atoms with Crippen molar-refractivity contribution in [3.63, 3.8) is 0 Å². The number of hydrogen-bond acceptors (Lipinski definition) is 6. The van der Waals surface area contributed by atoms with Crippen LogP contribution in [0, 0.1) is 0 Å². The molecule has 0 atom stereocenters. The third kappa shape index (κ3) is 3.02. The molecule has 2 aromatic heterocycles. The van der Waals surface area contributed by atoms with E-state index >= 15 is 0 Å². The Labute approximate surface area is 116 Å². The number of thiazole rings is 1. The number of aromatic nitrogens is 2. The normalized spacial score (nSPS) is 16.7. The first-order valence-electron chi connectivity index (χ1n) is 6.37. The van der Waals surface area contributed by atoms with Crippen LogP contribution in [-0.2, 0) is 6.54 Å². The van der Waals surface area contributed by atoms with Crippen LogP contribution in [0.2, 0.25) is 0 Å². The van der Waals surface area contributed by atoms with Crippen molar-refractivity contribution in [3.05, 3.63) is 34.9 Å². The Morgan fingerprint density at radius 3 is 2.63 bits per heavy atom. The van der Waals surface area contributed by atoms with Gasteiger partial charge in [0.15, 0.2) is 0 Å². The molecular formula is C13H17N5S. The van der Waals surface area contributed by atoms with Crippen molar-refractivity contribution in [2.75, 3.05) is 36.8 Å². The Hall–Kier alpha value is -1.66. The smallest absolute Gasteiger partial charge is 0.123 e. The molecule has 0 spiro atoms. The minimum absolute atomic E-state index is 0.576.